The minimum absolute atomic E-state index is 0.160. The smallest absolute Gasteiger partial charge is 0.238 e. The van der Waals surface area contributed by atoms with Crippen LogP contribution < -0.4 is 30.4 Å². The minimum atomic E-state index is -0.160. The summed E-state index contributed by atoms with van der Waals surface area (Å²) in [5.41, 5.74) is 6.21. The average Bonchev–Trinajstić information content (AvgIpc) is 2.63. The third-order valence-corrected chi connectivity index (χ3v) is 3.93. The zero-order valence-electron chi connectivity index (χ0n) is 16.1. The Morgan fingerprint density at radius 2 is 1.69 bits per heavy atom. The molecule has 0 radical (unpaired) electrons. The molecule has 1 aromatic carbocycles. The molecular formula is C18H29N3O4S. The molecule has 0 unspecified atom stereocenters. The highest BCUT2D eigenvalue weighted by atomic mass is 32.1. The summed E-state index contributed by atoms with van der Waals surface area (Å²) in [5.74, 6) is 2.10. The van der Waals surface area contributed by atoms with Crippen molar-refractivity contribution in [1.82, 2.24) is 16.2 Å². The topological polar surface area (TPSA) is 80.9 Å². The van der Waals surface area contributed by atoms with E-state index in [1.165, 1.54) is 0 Å². The van der Waals surface area contributed by atoms with Crippen LogP contribution in [-0.4, -0.2) is 38.9 Å². The molecule has 1 aromatic rings. The molecule has 0 heterocycles. The summed E-state index contributed by atoms with van der Waals surface area (Å²) in [6.45, 7) is 5.05. The summed E-state index contributed by atoms with van der Waals surface area (Å²) in [6, 6.07) is 3.67. The molecule has 1 rings (SSSR count). The molecule has 26 heavy (non-hydrogen) atoms. The number of hydrogen-bond acceptors (Lipinski definition) is 5. The van der Waals surface area contributed by atoms with Gasteiger partial charge in [-0.1, -0.05) is 13.8 Å². The lowest BCUT2D eigenvalue weighted by atomic mass is 10.1. The largest absolute Gasteiger partial charge is 0.493 e. The molecule has 0 bridgehead atoms. The van der Waals surface area contributed by atoms with Crippen molar-refractivity contribution in [3.63, 3.8) is 0 Å². The number of carbonyl (C=O) groups is 1. The molecule has 0 aliphatic carbocycles. The third kappa shape index (κ3) is 7.35. The zero-order chi connectivity index (χ0) is 19.5. The molecule has 3 N–H and O–H groups in total. The quantitative estimate of drug-likeness (QED) is 0.445. The number of thiocarbonyl (C=S) groups is 1. The maximum absolute atomic E-state index is 12.0. The fourth-order valence-corrected chi connectivity index (χ4v) is 2.40. The highest BCUT2D eigenvalue weighted by Crippen LogP contribution is 2.38. The van der Waals surface area contributed by atoms with Crippen molar-refractivity contribution >= 4 is 23.2 Å². The van der Waals surface area contributed by atoms with Crippen LogP contribution in [0.1, 0.15) is 32.3 Å². The number of hydrogen-bond donors (Lipinski definition) is 3. The van der Waals surface area contributed by atoms with Crippen LogP contribution in [0.3, 0.4) is 0 Å². The van der Waals surface area contributed by atoms with Crippen LogP contribution in [0.15, 0.2) is 12.1 Å². The normalized spacial score (nSPS) is 10.2. The van der Waals surface area contributed by atoms with Gasteiger partial charge in [0, 0.05) is 13.0 Å². The van der Waals surface area contributed by atoms with E-state index in [-0.39, 0.29) is 5.91 Å². The molecule has 0 fully saturated rings. The van der Waals surface area contributed by atoms with Crippen LogP contribution >= 0.6 is 12.2 Å². The predicted octanol–water partition coefficient (Wildman–Crippen LogP) is 2.19. The molecule has 0 saturated carbocycles. The number of aryl methyl sites for hydroxylation is 1. The zero-order valence-corrected chi connectivity index (χ0v) is 16.9. The summed E-state index contributed by atoms with van der Waals surface area (Å²) in [6.07, 6.45) is 1.83. The van der Waals surface area contributed by atoms with Gasteiger partial charge in [0.05, 0.1) is 21.3 Å². The van der Waals surface area contributed by atoms with Gasteiger partial charge in [-0.2, -0.15) is 0 Å². The number of hydrazine groups is 1. The first-order valence-electron chi connectivity index (χ1n) is 8.52. The summed E-state index contributed by atoms with van der Waals surface area (Å²) in [7, 11) is 4.67. The molecular weight excluding hydrogens is 354 g/mol. The SMILES string of the molecule is COc1cc(CCC(=O)NNC(=S)NCCC(C)C)cc(OC)c1OC. The van der Waals surface area contributed by atoms with Crippen LogP contribution in [0.5, 0.6) is 17.2 Å². The van der Waals surface area contributed by atoms with E-state index in [0.29, 0.717) is 41.1 Å². The van der Waals surface area contributed by atoms with E-state index >= 15 is 0 Å². The van der Waals surface area contributed by atoms with Crippen molar-refractivity contribution in [2.24, 2.45) is 5.92 Å². The van der Waals surface area contributed by atoms with E-state index in [9.17, 15) is 4.79 Å². The van der Waals surface area contributed by atoms with E-state index in [2.05, 4.69) is 30.0 Å². The molecule has 1 amide bonds. The summed E-state index contributed by atoms with van der Waals surface area (Å²) in [5, 5.41) is 3.45. The van der Waals surface area contributed by atoms with E-state index in [0.717, 1.165) is 18.5 Å². The number of amides is 1. The highest BCUT2D eigenvalue weighted by molar-refractivity contribution is 7.80. The van der Waals surface area contributed by atoms with E-state index in [4.69, 9.17) is 26.4 Å². The number of nitrogens with one attached hydrogen (secondary N) is 3. The fourth-order valence-electron chi connectivity index (χ4n) is 2.25. The molecule has 0 aliphatic heterocycles. The Labute approximate surface area is 160 Å². The second kappa shape index (κ2) is 11.4. The molecule has 8 heteroatoms. The van der Waals surface area contributed by atoms with Gasteiger partial charge < -0.3 is 19.5 Å². The monoisotopic (exact) mass is 383 g/mol. The van der Waals surface area contributed by atoms with Gasteiger partial charge in [-0.25, -0.2) is 0 Å². The fraction of sp³-hybridized carbons (Fsp3) is 0.556. The van der Waals surface area contributed by atoms with Gasteiger partial charge in [0.25, 0.3) is 0 Å². The minimum Gasteiger partial charge on any atom is -0.493 e. The Morgan fingerprint density at radius 3 is 2.19 bits per heavy atom. The van der Waals surface area contributed by atoms with Gasteiger partial charge >= 0.3 is 0 Å². The van der Waals surface area contributed by atoms with Crippen molar-refractivity contribution in [2.45, 2.75) is 33.1 Å². The Bertz CT molecular complexity index is 583. The van der Waals surface area contributed by atoms with Gasteiger partial charge in [-0.05, 0) is 48.7 Å². The Morgan fingerprint density at radius 1 is 1.08 bits per heavy atom. The first kappa shape index (κ1) is 21.8. The lowest BCUT2D eigenvalue weighted by Gasteiger charge is -2.14. The number of methoxy groups -OCH3 is 3. The highest BCUT2D eigenvalue weighted by Gasteiger charge is 2.14. The van der Waals surface area contributed by atoms with Crippen molar-refractivity contribution < 1.29 is 19.0 Å². The molecule has 146 valence electrons. The standard InChI is InChI=1S/C18H29N3O4S/c1-12(2)8-9-19-18(26)21-20-16(22)7-6-13-10-14(23-3)17(25-5)15(11-13)24-4/h10-12H,6-9H2,1-5H3,(H,20,22)(H2,19,21,26). The lowest BCUT2D eigenvalue weighted by Crippen LogP contribution is -2.47. The molecule has 7 nitrogen and oxygen atoms in total. The molecule has 0 saturated heterocycles. The van der Waals surface area contributed by atoms with Crippen molar-refractivity contribution in [2.75, 3.05) is 27.9 Å². The Kier molecular flexibility index (Phi) is 9.57. The van der Waals surface area contributed by atoms with Gasteiger partial charge in [0.2, 0.25) is 11.7 Å². The van der Waals surface area contributed by atoms with Gasteiger partial charge in [0.1, 0.15) is 0 Å². The average molecular weight is 384 g/mol. The maximum atomic E-state index is 12.0. The van der Waals surface area contributed by atoms with Gasteiger partial charge in [-0.3, -0.25) is 15.6 Å². The second-order valence-electron chi connectivity index (χ2n) is 6.15. The number of benzene rings is 1. The molecule has 0 spiro atoms. The Hall–Kier alpha value is -2.22. The first-order valence-corrected chi connectivity index (χ1v) is 8.93. The van der Waals surface area contributed by atoms with E-state index in [1.807, 2.05) is 12.1 Å². The third-order valence-electron chi connectivity index (χ3n) is 3.69. The van der Waals surface area contributed by atoms with E-state index in [1.54, 1.807) is 21.3 Å². The molecule has 0 aliphatic rings. The number of carbonyl (C=O) groups excluding carboxylic acids is 1. The first-order chi connectivity index (χ1) is 12.4. The summed E-state index contributed by atoms with van der Waals surface area (Å²) >= 11 is 5.11. The van der Waals surface area contributed by atoms with Crippen LogP contribution in [0.25, 0.3) is 0 Å². The van der Waals surface area contributed by atoms with Crippen molar-refractivity contribution in [3.05, 3.63) is 17.7 Å². The van der Waals surface area contributed by atoms with Crippen LogP contribution in [0.2, 0.25) is 0 Å². The number of ether oxygens (including phenoxy) is 3. The van der Waals surface area contributed by atoms with Gasteiger partial charge in [0.15, 0.2) is 16.6 Å². The van der Waals surface area contributed by atoms with Crippen molar-refractivity contribution in [1.29, 1.82) is 0 Å². The Balaban J connectivity index is 2.48. The van der Waals surface area contributed by atoms with E-state index < -0.39 is 0 Å². The summed E-state index contributed by atoms with van der Waals surface area (Å²) in [4.78, 5) is 12.0. The predicted molar refractivity (Wildman–Crippen MR) is 106 cm³/mol. The van der Waals surface area contributed by atoms with Crippen molar-refractivity contribution in [3.8, 4) is 17.2 Å². The second-order valence-corrected chi connectivity index (χ2v) is 6.55. The van der Waals surface area contributed by atoms with Crippen LogP contribution in [0, 0.1) is 5.92 Å². The van der Waals surface area contributed by atoms with Crippen LogP contribution in [-0.2, 0) is 11.2 Å². The van der Waals surface area contributed by atoms with Gasteiger partial charge in [-0.15, -0.1) is 0 Å². The van der Waals surface area contributed by atoms with Crippen LogP contribution in [0.4, 0.5) is 0 Å². The summed E-state index contributed by atoms with van der Waals surface area (Å²) < 4.78 is 15.9. The molecule has 0 aromatic heterocycles. The number of rotatable bonds is 9. The maximum Gasteiger partial charge on any atom is 0.238 e. The lowest BCUT2D eigenvalue weighted by molar-refractivity contribution is -0.121. The molecule has 0 atom stereocenters.